The van der Waals surface area contributed by atoms with Crippen molar-refractivity contribution in [2.24, 2.45) is 0 Å². The Kier molecular flexibility index (Phi) is 4.39. The van der Waals surface area contributed by atoms with Crippen molar-refractivity contribution in [2.75, 3.05) is 24.2 Å². The fraction of sp³-hybridized carbons (Fsp3) is 0.455. The molecule has 0 aliphatic rings. The van der Waals surface area contributed by atoms with E-state index in [2.05, 4.69) is 5.32 Å². The lowest BCUT2D eigenvalue weighted by Gasteiger charge is -2.11. The van der Waals surface area contributed by atoms with Crippen LogP contribution in [0.2, 0.25) is 0 Å². The summed E-state index contributed by atoms with van der Waals surface area (Å²) in [7, 11) is 0. The zero-order chi connectivity index (χ0) is 11.3. The van der Waals surface area contributed by atoms with E-state index in [0.717, 1.165) is 16.9 Å². The monoisotopic (exact) mass is 210 g/mol. The molecule has 0 heterocycles. The Bertz CT molecular complexity index is 315. The van der Waals surface area contributed by atoms with Gasteiger partial charge in [0.05, 0.1) is 12.7 Å². The molecule has 1 aromatic carbocycles. The average Bonchev–Trinajstić information content (AvgIpc) is 2.21. The lowest BCUT2D eigenvalue weighted by molar-refractivity contribution is 0.0911. The van der Waals surface area contributed by atoms with E-state index in [4.69, 9.17) is 15.9 Å². The maximum atomic E-state index is 9.14. The van der Waals surface area contributed by atoms with Crippen LogP contribution in [0.4, 0.5) is 11.4 Å². The Morgan fingerprint density at radius 1 is 1.47 bits per heavy atom. The maximum absolute atomic E-state index is 9.14. The summed E-state index contributed by atoms with van der Waals surface area (Å²) in [6.07, 6.45) is -0.119. The van der Waals surface area contributed by atoms with Crippen LogP contribution in [0.3, 0.4) is 0 Å². The molecule has 0 saturated carbocycles. The van der Waals surface area contributed by atoms with Gasteiger partial charge in [-0.3, -0.25) is 0 Å². The van der Waals surface area contributed by atoms with Gasteiger partial charge >= 0.3 is 0 Å². The van der Waals surface area contributed by atoms with Crippen molar-refractivity contribution in [3.05, 3.63) is 23.8 Å². The molecule has 5 N–H and O–H groups in total. The first-order chi connectivity index (χ1) is 7.13. The number of hydrogen-bond acceptors (Lipinski definition) is 4. The third kappa shape index (κ3) is 3.77. The van der Waals surface area contributed by atoms with Gasteiger partial charge in [0.1, 0.15) is 0 Å². The zero-order valence-corrected chi connectivity index (χ0v) is 8.90. The highest BCUT2D eigenvalue weighted by atomic mass is 16.3. The summed E-state index contributed by atoms with van der Waals surface area (Å²) in [6, 6.07) is 5.64. The topological polar surface area (TPSA) is 78.5 Å². The Hall–Kier alpha value is -1.26. The minimum atomic E-state index is -0.647. The van der Waals surface area contributed by atoms with E-state index in [1.54, 1.807) is 0 Å². The number of benzene rings is 1. The molecule has 4 nitrogen and oxygen atoms in total. The molecule has 0 fully saturated rings. The van der Waals surface area contributed by atoms with E-state index in [1.165, 1.54) is 0 Å². The van der Waals surface area contributed by atoms with Crippen LogP contribution in [0.15, 0.2) is 18.2 Å². The second-order valence-electron chi connectivity index (χ2n) is 3.63. The first-order valence-electron chi connectivity index (χ1n) is 5.02. The second-order valence-corrected chi connectivity index (χ2v) is 3.63. The molecular weight excluding hydrogens is 192 g/mol. The van der Waals surface area contributed by atoms with E-state index >= 15 is 0 Å². The lowest BCUT2D eigenvalue weighted by atomic mass is 10.1. The molecule has 1 rings (SSSR count). The van der Waals surface area contributed by atoms with E-state index in [0.29, 0.717) is 13.0 Å². The SMILES string of the molecule is Cc1cc(N)ccc1NCCC(O)CO. The summed E-state index contributed by atoms with van der Waals surface area (Å²) >= 11 is 0. The molecule has 1 aromatic rings. The van der Waals surface area contributed by atoms with E-state index in [1.807, 2.05) is 25.1 Å². The molecule has 0 amide bonds. The first-order valence-corrected chi connectivity index (χ1v) is 5.02. The largest absolute Gasteiger partial charge is 0.399 e. The first kappa shape index (κ1) is 11.8. The summed E-state index contributed by atoms with van der Waals surface area (Å²) in [4.78, 5) is 0. The Balaban J connectivity index is 2.44. The fourth-order valence-electron chi connectivity index (χ4n) is 1.35. The van der Waals surface area contributed by atoms with Crippen molar-refractivity contribution in [1.82, 2.24) is 0 Å². The smallest absolute Gasteiger partial charge is 0.0787 e. The van der Waals surface area contributed by atoms with E-state index < -0.39 is 6.10 Å². The molecule has 15 heavy (non-hydrogen) atoms. The number of nitrogen functional groups attached to an aromatic ring is 1. The highest BCUT2D eigenvalue weighted by molar-refractivity contribution is 5.57. The molecule has 0 saturated heterocycles. The van der Waals surface area contributed by atoms with Gasteiger partial charge in [0.15, 0.2) is 0 Å². The number of hydrogen-bond donors (Lipinski definition) is 4. The van der Waals surface area contributed by atoms with Crippen molar-refractivity contribution < 1.29 is 10.2 Å². The number of nitrogens with one attached hydrogen (secondary N) is 1. The van der Waals surface area contributed by atoms with Gasteiger partial charge < -0.3 is 21.3 Å². The summed E-state index contributed by atoms with van der Waals surface area (Å²) < 4.78 is 0. The Morgan fingerprint density at radius 3 is 2.80 bits per heavy atom. The zero-order valence-electron chi connectivity index (χ0n) is 8.90. The lowest BCUT2D eigenvalue weighted by Crippen LogP contribution is -2.17. The van der Waals surface area contributed by atoms with E-state index in [9.17, 15) is 0 Å². The van der Waals surface area contributed by atoms with Gasteiger partial charge in [-0.15, -0.1) is 0 Å². The number of aliphatic hydroxyl groups is 2. The third-order valence-corrected chi connectivity index (χ3v) is 2.25. The van der Waals surface area contributed by atoms with Gasteiger partial charge in [-0.1, -0.05) is 0 Å². The van der Waals surface area contributed by atoms with Crippen molar-refractivity contribution in [2.45, 2.75) is 19.4 Å². The predicted molar refractivity (Wildman–Crippen MR) is 61.8 cm³/mol. The second kappa shape index (κ2) is 5.58. The van der Waals surface area contributed by atoms with Crippen LogP contribution >= 0.6 is 0 Å². The van der Waals surface area contributed by atoms with Crippen LogP contribution in [0, 0.1) is 6.92 Å². The third-order valence-electron chi connectivity index (χ3n) is 2.25. The number of rotatable bonds is 5. The summed E-state index contributed by atoms with van der Waals surface area (Å²) in [5.41, 5.74) is 8.45. The number of anilines is 2. The molecule has 0 bridgehead atoms. The van der Waals surface area contributed by atoms with Crippen molar-refractivity contribution in [1.29, 1.82) is 0 Å². The summed E-state index contributed by atoms with van der Waals surface area (Å²) in [6.45, 7) is 2.41. The number of aryl methyl sites for hydroxylation is 1. The predicted octanol–water partition coefficient (Wildman–Crippen LogP) is 0.732. The minimum Gasteiger partial charge on any atom is -0.399 e. The summed E-state index contributed by atoms with van der Waals surface area (Å²) in [5, 5.41) is 20.9. The van der Waals surface area contributed by atoms with Gasteiger partial charge in [-0.05, 0) is 37.1 Å². The van der Waals surface area contributed by atoms with Gasteiger partial charge in [0, 0.05) is 17.9 Å². The molecule has 0 aliphatic carbocycles. The number of nitrogens with two attached hydrogens (primary N) is 1. The molecule has 84 valence electrons. The minimum absolute atomic E-state index is 0.192. The Labute approximate surface area is 89.7 Å². The van der Waals surface area contributed by atoms with Crippen LogP contribution in [0.5, 0.6) is 0 Å². The van der Waals surface area contributed by atoms with Crippen molar-refractivity contribution in [3.8, 4) is 0 Å². The van der Waals surface area contributed by atoms with Gasteiger partial charge in [-0.2, -0.15) is 0 Å². The highest BCUT2D eigenvalue weighted by Crippen LogP contribution is 2.17. The van der Waals surface area contributed by atoms with Gasteiger partial charge in [-0.25, -0.2) is 0 Å². The van der Waals surface area contributed by atoms with Crippen molar-refractivity contribution >= 4 is 11.4 Å². The Morgan fingerprint density at radius 2 is 2.20 bits per heavy atom. The molecule has 1 unspecified atom stereocenters. The summed E-state index contributed by atoms with van der Waals surface area (Å²) in [5.74, 6) is 0. The van der Waals surface area contributed by atoms with Gasteiger partial charge in [0.25, 0.3) is 0 Å². The molecule has 0 radical (unpaired) electrons. The molecule has 0 spiro atoms. The van der Waals surface area contributed by atoms with Crippen LogP contribution in [-0.2, 0) is 0 Å². The average molecular weight is 210 g/mol. The normalized spacial score (nSPS) is 12.5. The fourth-order valence-corrected chi connectivity index (χ4v) is 1.35. The van der Waals surface area contributed by atoms with E-state index in [-0.39, 0.29) is 6.61 Å². The molecule has 0 aromatic heterocycles. The number of aliphatic hydroxyl groups excluding tert-OH is 2. The maximum Gasteiger partial charge on any atom is 0.0787 e. The van der Waals surface area contributed by atoms with Gasteiger partial charge in [0.2, 0.25) is 0 Å². The van der Waals surface area contributed by atoms with Crippen LogP contribution < -0.4 is 11.1 Å². The van der Waals surface area contributed by atoms with Crippen LogP contribution in [-0.4, -0.2) is 29.5 Å². The van der Waals surface area contributed by atoms with Crippen LogP contribution in [0.25, 0.3) is 0 Å². The van der Waals surface area contributed by atoms with Crippen molar-refractivity contribution in [3.63, 3.8) is 0 Å². The molecule has 4 heteroatoms. The molecule has 1 atom stereocenters. The quantitative estimate of drug-likeness (QED) is 0.540. The molecule has 0 aliphatic heterocycles. The highest BCUT2D eigenvalue weighted by Gasteiger charge is 2.02. The molecular formula is C11H18N2O2. The standard InChI is InChI=1S/C11H18N2O2/c1-8-6-9(12)2-3-11(8)13-5-4-10(15)7-14/h2-3,6,10,13-15H,4-5,7,12H2,1H3. The van der Waals surface area contributed by atoms with Crippen LogP contribution in [0.1, 0.15) is 12.0 Å².